The number of rotatable bonds is 6. The summed E-state index contributed by atoms with van der Waals surface area (Å²) in [5.74, 6) is 1.67. The number of nitrogens with two attached hydrogens (primary N) is 1. The van der Waals surface area contributed by atoms with Crippen molar-refractivity contribution in [2.24, 2.45) is 5.14 Å². The highest BCUT2D eigenvalue weighted by molar-refractivity contribution is 7.90. The minimum absolute atomic E-state index is 0.440. The lowest BCUT2D eigenvalue weighted by molar-refractivity contribution is 0.602. The van der Waals surface area contributed by atoms with Crippen molar-refractivity contribution < 1.29 is 4.55 Å². The molecule has 2 aromatic carbocycles. The molecule has 0 aliphatic heterocycles. The molecule has 0 spiro atoms. The number of anilines is 3. The van der Waals surface area contributed by atoms with E-state index in [2.05, 4.69) is 25.0 Å². The summed E-state index contributed by atoms with van der Waals surface area (Å²) < 4.78 is 13.6. The predicted octanol–water partition coefficient (Wildman–Crippen LogP) is 3.45. The van der Waals surface area contributed by atoms with Gasteiger partial charge in [0.2, 0.25) is 5.95 Å². The van der Waals surface area contributed by atoms with E-state index in [0.29, 0.717) is 34.7 Å². The van der Waals surface area contributed by atoms with Crippen LogP contribution in [0.2, 0.25) is 5.02 Å². The number of benzene rings is 2. The van der Waals surface area contributed by atoms with Gasteiger partial charge >= 0.3 is 0 Å². The molecular weight excluding hydrogens is 372 g/mol. The average Bonchev–Trinajstić information content (AvgIpc) is 2.62. The highest BCUT2D eigenvalue weighted by Gasteiger charge is 2.09. The SMILES string of the molecule is CCc1nc(Nc2ccc(N[S+](N)[O-])cc2)nc(-c2cccc(Cl)c2)n1. The highest BCUT2D eigenvalue weighted by atomic mass is 35.5. The Morgan fingerprint density at radius 3 is 2.46 bits per heavy atom. The van der Waals surface area contributed by atoms with Gasteiger partial charge in [0.15, 0.2) is 17.4 Å². The fraction of sp³-hybridized carbons (Fsp3) is 0.118. The number of hydrogen-bond acceptors (Lipinski definition) is 7. The molecule has 1 heterocycles. The molecule has 9 heteroatoms. The summed E-state index contributed by atoms with van der Waals surface area (Å²) in [5.41, 5.74) is 2.26. The largest absolute Gasteiger partial charge is 0.574 e. The Morgan fingerprint density at radius 1 is 1.08 bits per heavy atom. The van der Waals surface area contributed by atoms with Crippen molar-refractivity contribution in [3.05, 3.63) is 59.4 Å². The Hall–Kier alpha value is -2.39. The molecule has 1 aromatic heterocycles. The van der Waals surface area contributed by atoms with Gasteiger partial charge < -0.3 is 9.87 Å². The lowest BCUT2D eigenvalue weighted by atomic mass is 10.2. The quantitative estimate of drug-likeness (QED) is 0.554. The normalized spacial score (nSPS) is 11.8. The molecule has 0 radical (unpaired) electrons. The standard InChI is InChI=1S/C17H17ClN6OS/c1-2-15-21-16(11-4-3-5-12(18)10-11)23-17(22-15)20-13-6-8-14(9-7-13)24-26(19)25/h3-10,24H,2,19H2,1H3,(H,20,21,22,23). The first-order valence-electron chi connectivity index (χ1n) is 7.84. The van der Waals surface area contributed by atoms with Gasteiger partial charge in [-0.2, -0.15) is 14.7 Å². The van der Waals surface area contributed by atoms with Crippen molar-refractivity contribution in [3.8, 4) is 11.4 Å². The number of aryl methyl sites for hydroxylation is 1. The molecule has 26 heavy (non-hydrogen) atoms. The summed E-state index contributed by atoms with van der Waals surface area (Å²) in [5, 5.41) is 8.98. The van der Waals surface area contributed by atoms with Gasteiger partial charge in [0, 0.05) is 22.7 Å². The molecule has 0 aliphatic carbocycles. The van der Waals surface area contributed by atoms with Crippen LogP contribution in [-0.4, -0.2) is 19.5 Å². The summed E-state index contributed by atoms with van der Waals surface area (Å²) in [6.45, 7) is 1.98. The van der Waals surface area contributed by atoms with Crippen LogP contribution in [0.3, 0.4) is 0 Å². The minimum atomic E-state index is -1.61. The predicted molar refractivity (Wildman–Crippen MR) is 105 cm³/mol. The third-order valence-corrected chi connectivity index (χ3v) is 4.11. The zero-order valence-corrected chi connectivity index (χ0v) is 15.5. The Bertz CT molecular complexity index is 891. The summed E-state index contributed by atoms with van der Waals surface area (Å²) in [7, 11) is 0. The van der Waals surface area contributed by atoms with E-state index in [1.54, 1.807) is 18.2 Å². The Balaban J connectivity index is 1.86. The number of nitrogens with zero attached hydrogens (tertiary/aromatic N) is 3. The van der Waals surface area contributed by atoms with E-state index in [9.17, 15) is 4.55 Å². The second-order valence-corrected chi connectivity index (χ2v) is 6.60. The van der Waals surface area contributed by atoms with Gasteiger partial charge in [0.25, 0.3) is 0 Å². The van der Waals surface area contributed by atoms with Crippen LogP contribution in [0.4, 0.5) is 17.3 Å². The molecule has 0 amide bonds. The van der Waals surface area contributed by atoms with Crippen molar-refractivity contribution in [1.82, 2.24) is 15.0 Å². The van der Waals surface area contributed by atoms with Crippen LogP contribution in [0.15, 0.2) is 48.5 Å². The van der Waals surface area contributed by atoms with Crippen LogP contribution in [0.25, 0.3) is 11.4 Å². The van der Waals surface area contributed by atoms with Gasteiger partial charge in [-0.1, -0.05) is 30.7 Å². The first kappa shape index (κ1) is 18.4. The molecule has 0 aliphatic rings. The summed E-state index contributed by atoms with van der Waals surface area (Å²) in [4.78, 5) is 13.4. The van der Waals surface area contributed by atoms with E-state index in [4.69, 9.17) is 16.7 Å². The van der Waals surface area contributed by atoms with Crippen LogP contribution in [-0.2, 0) is 18.0 Å². The number of halogens is 1. The number of nitrogens with one attached hydrogen (secondary N) is 2. The van der Waals surface area contributed by atoms with E-state index >= 15 is 0 Å². The molecule has 1 unspecified atom stereocenters. The molecule has 0 saturated heterocycles. The minimum Gasteiger partial charge on any atom is -0.574 e. The smallest absolute Gasteiger partial charge is 0.231 e. The maximum atomic E-state index is 11.0. The van der Waals surface area contributed by atoms with E-state index in [1.165, 1.54) is 0 Å². The van der Waals surface area contributed by atoms with E-state index in [1.807, 2.05) is 37.3 Å². The zero-order valence-electron chi connectivity index (χ0n) is 13.9. The molecule has 0 fully saturated rings. The van der Waals surface area contributed by atoms with Crippen LogP contribution < -0.4 is 15.2 Å². The zero-order chi connectivity index (χ0) is 18.5. The topological polar surface area (TPSA) is 112 Å². The molecule has 0 saturated carbocycles. The Labute approximate surface area is 159 Å². The van der Waals surface area contributed by atoms with Crippen LogP contribution in [0.1, 0.15) is 12.7 Å². The van der Waals surface area contributed by atoms with Gasteiger partial charge in [0.05, 0.1) is 5.69 Å². The van der Waals surface area contributed by atoms with Crippen LogP contribution in [0, 0.1) is 0 Å². The fourth-order valence-corrected chi connectivity index (χ4v) is 2.82. The first-order valence-corrected chi connectivity index (χ1v) is 9.43. The second-order valence-electron chi connectivity index (χ2n) is 5.36. The monoisotopic (exact) mass is 388 g/mol. The van der Waals surface area contributed by atoms with Crippen molar-refractivity contribution in [2.45, 2.75) is 13.3 Å². The number of aromatic nitrogens is 3. The number of hydrogen-bond donors (Lipinski definition) is 3. The van der Waals surface area contributed by atoms with Gasteiger partial charge in [0.1, 0.15) is 5.82 Å². The average molecular weight is 389 g/mol. The van der Waals surface area contributed by atoms with Crippen molar-refractivity contribution in [1.29, 1.82) is 0 Å². The Morgan fingerprint density at radius 2 is 1.81 bits per heavy atom. The fourth-order valence-electron chi connectivity index (χ4n) is 2.26. The highest BCUT2D eigenvalue weighted by Crippen LogP contribution is 2.22. The second kappa shape index (κ2) is 8.33. The van der Waals surface area contributed by atoms with Gasteiger partial charge in [-0.15, -0.1) is 5.14 Å². The van der Waals surface area contributed by atoms with Gasteiger partial charge in [-0.25, -0.2) is 4.98 Å². The third-order valence-electron chi connectivity index (χ3n) is 3.44. The summed E-state index contributed by atoms with van der Waals surface area (Å²) in [6, 6.07) is 14.5. The van der Waals surface area contributed by atoms with Crippen LogP contribution >= 0.6 is 11.6 Å². The summed E-state index contributed by atoms with van der Waals surface area (Å²) >= 11 is 4.46. The molecule has 4 N–H and O–H groups in total. The van der Waals surface area contributed by atoms with Crippen molar-refractivity contribution in [3.63, 3.8) is 0 Å². The van der Waals surface area contributed by atoms with Crippen LogP contribution in [0.5, 0.6) is 0 Å². The van der Waals surface area contributed by atoms with Gasteiger partial charge in [-0.3, -0.25) is 0 Å². The van der Waals surface area contributed by atoms with E-state index in [-0.39, 0.29) is 0 Å². The maximum Gasteiger partial charge on any atom is 0.231 e. The van der Waals surface area contributed by atoms with E-state index in [0.717, 1.165) is 11.3 Å². The van der Waals surface area contributed by atoms with Gasteiger partial charge in [-0.05, 0) is 36.4 Å². The van der Waals surface area contributed by atoms with Crippen molar-refractivity contribution >= 4 is 40.5 Å². The molecule has 134 valence electrons. The lowest BCUT2D eigenvalue weighted by Crippen LogP contribution is -2.21. The molecule has 3 aromatic rings. The molecule has 3 rings (SSSR count). The third kappa shape index (κ3) is 4.83. The molecule has 7 nitrogen and oxygen atoms in total. The van der Waals surface area contributed by atoms with Crippen molar-refractivity contribution in [2.75, 3.05) is 10.0 Å². The van der Waals surface area contributed by atoms with E-state index < -0.39 is 11.5 Å². The summed E-state index contributed by atoms with van der Waals surface area (Å²) in [6.07, 6.45) is 0.677. The lowest BCUT2D eigenvalue weighted by Gasteiger charge is -2.10. The Kier molecular flexibility index (Phi) is 5.89. The maximum absolute atomic E-state index is 11.0. The molecular formula is C17H17ClN6OS. The molecule has 1 atom stereocenters. The first-order chi connectivity index (χ1) is 12.5. The molecule has 0 bridgehead atoms.